The molecule has 0 spiro atoms. The molecule has 0 saturated carbocycles. The molecule has 1 heterocycles. The van der Waals surface area contributed by atoms with Gasteiger partial charge in [-0.05, 0) is 37.0 Å². The molecule has 1 aromatic carbocycles. The standard InChI is InChI=1S/C11H12BrN/c12-10-5-3-4-9(8-10)11-6-1-2-7-13-11/h3-5,8H,1-2,6-7H2. The van der Waals surface area contributed by atoms with Gasteiger partial charge in [0.2, 0.25) is 0 Å². The molecule has 2 rings (SSSR count). The highest BCUT2D eigenvalue weighted by atomic mass is 79.9. The number of aliphatic imine (C=N–C) groups is 1. The Labute approximate surface area is 87.0 Å². The van der Waals surface area contributed by atoms with Crippen molar-refractivity contribution in [2.24, 2.45) is 4.99 Å². The summed E-state index contributed by atoms with van der Waals surface area (Å²) in [7, 11) is 0. The summed E-state index contributed by atoms with van der Waals surface area (Å²) >= 11 is 3.47. The maximum absolute atomic E-state index is 4.54. The van der Waals surface area contributed by atoms with Crippen LogP contribution in [0.2, 0.25) is 0 Å². The fourth-order valence-electron chi connectivity index (χ4n) is 1.60. The molecule has 0 unspecified atom stereocenters. The molecular weight excluding hydrogens is 226 g/mol. The van der Waals surface area contributed by atoms with Crippen molar-refractivity contribution >= 4 is 21.6 Å². The highest BCUT2D eigenvalue weighted by molar-refractivity contribution is 9.10. The Morgan fingerprint density at radius 1 is 1.23 bits per heavy atom. The van der Waals surface area contributed by atoms with Crippen LogP contribution in [0.5, 0.6) is 0 Å². The average molecular weight is 238 g/mol. The first-order valence-electron chi connectivity index (χ1n) is 4.65. The Morgan fingerprint density at radius 3 is 2.85 bits per heavy atom. The molecule has 2 heteroatoms. The van der Waals surface area contributed by atoms with Gasteiger partial charge in [0.1, 0.15) is 0 Å². The Bertz CT molecular complexity index is 331. The van der Waals surface area contributed by atoms with Gasteiger partial charge >= 0.3 is 0 Å². The first-order valence-corrected chi connectivity index (χ1v) is 5.45. The number of hydrogen-bond acceptors (Lipinski definition) is 1. The van der Waals surface area contributed by atoms with Crippen LogP contribution in [-0.4, -0.2) is 12.3 Å². The first kappa shape index (κ1) is 8.95. The molecule has 0 amide bonds. The number of hydrogen-bond donors (Lipinski definition) is 0. The third kappa shape index (κ3) is 2.19. The van der Waals surface area contributed by atoms with Crippen LogP contribution in [0.4, 0.5) is 0 Å². The van der Waals surface area contributed by atoms with Gasteiger partial charge in [-0.2, -0.15) is 0 Å². The van der Waals surface area contributed by atoms with Crippen molar-refractivity contribution in [3.05, 3.63) is 34.3 Å². The van der Waals surface area contributed by atoms with Crippen LogP contribution in [-0.2, 0) is 0 Å². The van der Waals surface area contributed by atoms with Gasteiger partial charge in [-0.1, -0.05) is 28.1 Å². The zero-order valence-corrected chi connectivity index (χ0v) is 9.05. The van der Waals surface area contributed by atoms with Gasteiger partial charge in [0, 0.05) is 16.7 Å². The minimum atomic E-state index is 1.00. The largest absolute Gasteiger partial charge is 0.289 e. The van der Waals surface area contributed by atoms with Gasteiger partial charge in [-0.25, -0.2) is 0 Å². The van der Waals surface area contributed by atoms with Crippen molar-refractivity contribution in [2.45, 2.75) is 19.3 Å². The maximum atomic E-state index is 4.54. The van der Waals surface area contributed by atoms with E-state index in [-0.39, 0.29) is 0 Å². The molecule has 0 N–H and O–H groups in total. The smallest absolute Gasteiger partial charge is 0.0420 e. The van der Waals surface area contributed by atoms with Crippen LogP contribution < -0.4 is 0 Å². The van der Waals surface area contributed by atoms with Gasteiger partial charge in [0.15, 0.2) is 0 Å². The molecule has 0 bridgehead atoms. The van der Waals surface area contributed by atoms with Crippen molar-refractivity contribution in [3.8, 4) is 0 Å². The fraction of sp³-hybridized carbons (Fsp3) is 0.364. The van der Waals surface area contributed by atoms with Crippen LogP contribution in [0.1, 0.15) is 24.8 Å². The van der Waals surface area contributed by atoms with E-state index in [1.165, 1.54) is 24.1 Å². The van der Waals surface area contributed by atoms with E-state index >= 15 is 0 Å². The van der Waals surface area contributed by atoms with E-state index in [9.17, 15) is 0 Å². The quantitative estimate of drug-likeness (QED) is 0.710. The first-order chi connectivity index (χ1) is 6.36. The molecule has 0 aliphatic carbocycles. The van der Waals surface area contributed by atoms with Gasteiger partial charge in [0.05, 0.1) is 0 Å². The minimum Gasteiger partial charge on any atom is -0.289 e. The summed E-state index contributed by atoms with van der Waals surface area (Å²) in [6.45, 7) is 1.00. The molecule has 1 aromatic rings. The van der Waals surface area contributed by atoms with Crippen molar-refractivity contribution in [1.82, 2.24) is 0 Å². The zero-order valence-electron chi connectivity index (χ0n) is 7.46. The molecule has 0 radical (unpaired) electrons. The van der Waals surface area contributed by atoms with Crippen LogP contribution in [0.25, 0.3) is 0 Å². The van der Waals surface area contributed by atoms with E-state index in [2.05, 4.69) is 39.1 Å². The van der Waals surface area contributed by atoms with Gasteiger partial charge in [0.25, 0.3) is 0 Å². The van der Waals surface area contributed by atoms with E-state index in [1.807, 2.05) is 6.07 Å². The minimum absolute atomic E-state index is 1.00. The molecule has 0 saturated heterocycles. The van der Waals surface area contributed by atoms with E-state index in [1.54, 1.807) is 0 Å². The molecule has 1 aliphatic heterocycles. The monoisotopic (exact) mass is 237 g/mol. The average Bonchev–Trinajstić information content (AvgIpc) is 2.19. The van der Waals surface area contributed by atoms with Gasteiger partial charge in [-0.3, -0.25) is 4.99 Å². The summed E-state index contributed by atoms with van der Waals surface area (Å²) in [5.74, 6) is 0. The summed E-state index contributed by atoms with van der Waals surface area (Å²) in [5.41, 5.74) is 2.54. The third-order valence-electron chi connectivity index (χ3n) is 2.28. The Kier molecular flexibility index (Phi) is 2.79. The molecule has 1 aliphatic rings. The normalized spacial score (nSPS) is 16.8. The lowest BCUT2D eigenvalue weighted by Gasteiger charge is -2.11. The van der Waals surface area contributed by atoms with Crippen molar-refractivity contribution in [1.29, 1.82) is 0 Å². The van der Waals surface area contributed by atoms with Crippen LogP contribution >= 0.6 is 15.9 Å². The summed E-state index contributed by atoms with van der Waals surface area (Å²) in [5, 5.41) is 0. The lowest BCUT2D eigenvalue weighted by Crippen LogP contribution is -2.07. The predicted octanol–water partition coefficient (Wildman–Crippen LogP) is 3.42. The van der Waals surface area contributed by atoms with Gasteiger partial charge in [-0.15, -0.1) is 0 Å². The molecule has 0 aromatic heterocycles. The van der Waals surface area contributed by atoms with Crippen LogP contribution in [0, 0.1) is 0 Å². The zero-order chi connectivity index (χ0) is 9.10. The molecular formula is C11H12BrN. The highest BCUT2D eigenvalue weighted by Crippen LogP contribution is 2.17. The Morgan fingerprint density at radius 2 is 2.15 bits per heavy atom. The lowest BCUT2D eigenvalue weighted by atomic mass is 10.0. The van der Waals surface area contributed by atoms with E-state index in [4.69, 9.17) is 0 Å². The summed E-state index contributed by atoms with van der Waals surface area (Å²) < 4.78 is 1.14. The number of nitrogens with zero attached hydrogens (tertiary/aromatic N) is 1. The van der Waals surface area contributed by atoms with Crippen molar-refractivity contribution in [3.63, 3.8) is 0 Å². The lowest BCUT2D eigenvalue weighted by molar-refractivity contribution is 0.738. The van der Waals surface area contributed by atoms with E-state index in [0.717, 1.165) is 17.4 Å². The molecule has 68 valence electrons. The second-order valence-electron chi connectivity index (χ2n) is 3.30. The van der Waals surface area contributed by atoms with Crippen molar-refractivity contribution in [2.75, 3.05) is 6.54 Å². The number of halogens is 1. The van der Waals surface area contributed by atoms with Crippen LogP contribution in [0.15, 0.2) is 33.7 Å². The predicted molar refractivity (Wildman–Crippen MR) is 59.4 cm³/mol. The summed E-state index contributed by atoms with van der Waals surface area (Å²) in [4.78, 5) is 4.54. The highest BCUT2D eigenvalue weighted by Gasteiger charge is 2.07. The van der Waals surface area contributed by atoms with Gasteiger partial charge < -0.3 is 0 Å². The maximum Gasteiger partial charge on any atom is 0.0420 e. The van der Waals surface area contributed by atoms with Crippen molar-refractivity contribution < 1.29 is 0 Å². The SMILES string of the molecule is Brc1cccc(C2=NCCCC2)c1. The van der Waals surface area contributed by atoms with E-state index < -0.39 is 0 Å². The van der Waals surface area contributed by atoms with Crippen LogP contribution in [0.3, 0.4) is 0 Å². The number of benzene rings is 1. The molecule has 0 fully saturated rings. The number of rotatable bonds is 1. The third-order valence-corrected chi connectivity index (χ3v) is 2.78. The fourth-order valence-corrected chi connectivity index (χ4v) is 2.00. The Hall–Kier alpha value is -0.630. The topological polar surface area (TPSA) is 12.4 Å². The molecule has 1 nitrogen and oxygen atoms in total. The molecule has 0 atom stereocenters. The molecule has 13 heavy (non-hydrogen) atoms. The summed E-state index contributed by atoms with van der Waals surface area (Å²) in [6, 6.07) is 8.39. The Balaban J connectivity index is 2.29. The summed E-state index contributed by atoms with van der Waals surface area (Å²) in [6.07, 6.45) is 3.67. The second-order valence-corrected chi connectivity index (χ2v) is 4.21. The second kappa shape index (κ2) is 4.05. The van der Waals surface area contributed by atoms with E-state index in [0.29, 0.717) is 0 Å².